The van der Waals surface area contributed by atoms with E-state index in [2.05, 4.69) is 6.58 Å². The summed E-state index contributed by atoms with van der Waals surface area (Å²) in [5.41, 5.74) is 0.176. The molecule has 0 spiro atoms. The number of rotatable bonds is 7. The second-order valence-corrected chi connectivity index (χ2v) is 3.55. The summed E-state index contributed by atoms with van der Waals surface area (Å²) in [6.45, 7) is 7.21. The topological polar surface area (TPSA) is 79.3 Å². The largest absolute Gasteiger partial charge is 0.478 e. The Hall–Kier alpha value is -0.910. The molecule has 1 rings (SSSR count). The van der Waals surface area contributed by atoms with Crippen molar-refractivity contribution in [3.63, 3.8) is 0 Å². The van der Waals surface area contributed by atoms with Gasteiger partial charge < -0.3 is 19.7 Å². The van der Waals surface area contributed by atoms with Crippen molar-refractivity contribution >= 4 is 5.97 Å². The Balaban J connectivity index is 0.000000325. The molecule has 1 unspecified atom stereocenters. The molecular weight excluding hydrogens is 212 g/mol. The molecule has 2 N–H and O–H groups in total. The van der Waals surface area contributed by atoms with E-state index in [9.17, 15) is 4.79 Å². The fourth-order valence-electron chi connectivity index (χ4n) is 0.695. The van der Waals surface area contributed by atoms with E-state index in [1.807, 2.05) is 0 Å². The van der Waals surface area contributed by atoms with E-state index in [0.29, 0.717) is 6.10 Å². The fraction of sp³-hybridized carbons (Fsp3) is 0.727. The lowest BCUT2D eigenvalue weighted by Crippen LogP contribution is -2.02. The Morgan fingerprint density at radius 1 is 1.56 bits per heavy atom. The molecule has 1 fully saturated rings. The van der Waals surface area contributed by atoms with Gasteiger partial charge in [-0.05, 0) is 19.8 Å². The fourth-order valence-corrected chi connectivity index (χ4v) is 0.695. The van der Waals surface area contributed by atoms with Crippen LogP contribution in [0.5, 0.6) is 0 Å². The summed E-state index contributed by atoms with van der Waals surface area (Å²) in [5.74, 6) is -0.935. The average Bonchev–Trinajstić information content (AvgIpc) is 3.02. The van der Waals surface area contributed by atoms with Crippen molar-refractivity contribution in [2.24, 2.45) is 0 Å². The van der Waals surface area contributed by atoms with Crippen LogP contribution in [-0.2, 0) is 14.3 Å². The number of aliphatic hydroxyl groups is 1. The van der Waals surface area contributed by atoms with Crippen LogP contribution >= 0.6 is 0 Å². The molecule has 1 heterocycles. The number of hydrogen-bond donors (Lipinski definition) is 2. The van der Waals surface area contributed by atoms with Gasteiger partial charge in [-0.25, -0.2) is 4.79 Å². The molecule has 0 radical (unpaired) electrons. The molecule has 5 heteroatoms. The number of ether oxygens (including phenoxy) is 2. The molecule has 0 aromatic carbocycles. The number of carboxylic acids is 1. The van der Waals surface area contributed by atoms with E-state index in [1.165, 1.54) is 6.92 Å². The molecule has 0 bridgehead atoms. The summed E-state index contributed by atoms with van der Waals surface area (Å²) >= 11 is 0. The lowest BCUT2D eigenvalue weighted by Gasteiger charge is -1.99. The molecular formula is C11H20O5. The van der Waals surface area contributed by atoms with Crippen LogP contribution in [0.4, 0.5) is 0 Å². The van der Waals surface area contributed by atoms with E-state index in [-0.39, 0.29) is 12.2 Å². The zero-order valence-electron chi connectivity index (χ0n) is 9.65. The smallest absolute Gasteiger partial charge is 0.330 e. The van der Waals surface area contributed by atoms with Gasteiger partial charge in [-0.3, -0.25) is 0 Å². The first-order valence-electron chi connectivity index (χ1n) is 5.27. The summed E-state index contributed by atoms with van der Waals surface area (Å²) < 4.78 is 10.2. The summed E-state index contributed by atoms with van der Waals surface area (Å²) in [5, 5.41) is 16.3. The molecule has 1 atom stereocenters. The van der Waals surface area contributed by atoms with Gasteiger partial charge in [-0.15, -0.1) is 0 Å². The van der Waals surface area contributed by atoms with Crippen LogP contribution < -0.4 is 0 Å². The average molecular weight is 232 g/mol. The van der Waals surface area contributed by atoms with Gasteiger partial charge in [0.2, 0.25) is 0 Å². The number of aliphatic carboxylic acids is 1. The van der Waals surface area contributed by atoms with Crippen LogP contribution in [0, 0.1) is 0 Å². The van der Waals surface area contributed by atoms with Gasteiger partial charge in [0.05, 0.1) is 13.2 Å². The third-order valence-electron chi connectivity index (χ3n) is 1.77. The van der Waals surface area contributed by atoms with Crippen molar-refractivity contribution < 1.29 is 24.5 Å². The molecule has 0 aliphatic carbocycles. The van der Waals surface area contributed by atoms with Crippen LogP contribution in [0.3, 0.4) is 0 Å². The minimum Gasteiger partial charge on any atom is -0.478 e. The molecule has 0 aromatic heterocycles. The quantitative estimate of drug-likeness (QED) is 0.386. The van der Waals surface area contributed by atoms with E-state index < -0.39 is 5.97 Å². The van der Waals surface area contributed by atoms with Crippen LogP contribution in [0.2, 0.25) is 0 Å². The maximum Gasteiger partial charge on any atom is 0.330 e. The number of epoxide rings is 1. The van der Waals surface area contributed by atoms with E-state index in [0.717, 1.165) is 32.7 Å². The molecule has 1 aliphatic rings. The van der Waals surface area contributed by atoms with Crippen molar-refractivity contribution in [1.82, 2.24) is 0 Å². The number of unbranched alkanes of at least 4 members (excludes halogenated alkanes) is 1. The zero-order valence-corrected chi connectivity index (χ0v) is 9.65. The van der Waals surface area contributed by atoms with E-state index in [4.69, 9.17) is 19.7 Å². The number of carbonyl (C=O) groups is 1. The first-order valence-corrected chi connectivity index (χ1v) is 5.27. The van der Waals surface area contributed by atoms with Crippen LogP contribution in [-0.4, -0.2) is 48.7 Å². The molecule has 1 aliphatic heterocycles. The first-order chi connectivity index (χ1) is 7.57. The Bertz CT molecular complexity index is 198. The van der Waals surface area contributed by atoms with E-state index in [1.54, 1.807) is 0 Å². The Morgan fingerprint density at radius 3 is 2.50 bits per heavy atom. The van der Waals surface area contributed by atoms with Crippen molar-refractivity contribution in [2.45, 2.75) is 25.9 Å². The highest BCUT2D eigenvalue weighted by atomic mass is 16.6. The highest BCUT2D eigenvalue weighted by molar-refractivity contribution is 5.84. The van der Waals surface area contributed by atoms with Crippen molar-refractivity contribution in [1.29, 1.82) is 0 Å². The monoisotopic (exact) mass is 232 g/mol. The summed E-state index contributed by atoms with van der Waals surface area (Å²) in [6, 6.07) is 0. The number of carboxylic acid groups (broad SMARTS) is 1. The van der Waals surface area contributed by atoms with Crippen molar-refractivity contribution in [3.8, 4) is 0 Å². The van der Waals surface area contributed by atoms with Gasteiger partial charge in [-0.1, -0.05) is 6.58 Å². The first kappa shape index (κ1) is 15.1. The standard InChI is InChI=1S/C7H14O3.C4H6O2/c8-3-1-2-4-9-5-7-6-10-7;1-3(2)4(5)6/h7-8H,1-6H2;1H2,2H3,(H,5,6). The minimum absolute atomic E-state index is 0.176. The highest BCUT2D eigenvalue weighted by Gasteiger charge is 2.21. The lowest BCUT2D eigenvalue weighted by molar-refractivity contribution is -0.132. The number of aliphatic hydroxyl groups excluding tert-OH is 1. The minimum atomic E-state index is -0.935. The molecule has 0 saturated carbocycles. The van der Waals surface area contributed by atoms with Gasteiger partial charge in [-0.2, -0.15) is 0 Å². The SMILES string of the molecule is C=C(C)C(=O)O.OCCCCOCC1CO1. The normalized spacial score (nSPS) is 17.2. The van der Waals surface area contributed by atoms with Crippen LogP contribution in [0.15, 0.2) is 12.2 Å². The Labute approximate surface area is 95.7 Å². The Kier molecular flexibility index (Phi) is 8.80. The predicted octanol–water partition coefficient (Wildman–Crippen LogP) is 0.821. The third-order valence-corrected chi connectivity index (χ3v) is 1.77. The molecule has 94 valence electrons. The maximum absolute atomic E-state index is 9.60. The lowest BCUT2D eigenvalue weighted by atomic mass is 10.3. The Morgan fingerprint density at radius 2 is 2.12 bits per heavy atom. The van der Waals surface area contributed by atoms with Crippen LogP contribution in [0.1, 0.15) is 19.8 Å². The molecule has 5 nitrogen and oxygen atoms in total. The second-order valence-electron chi connectivity index (χ2n) is 3.55. The number of hydrogen-bond acceptors (Lipinski definition) is 4. The summed E-state index contributed by atoms with van der Waals surface area (Å²) in [4.78, 5) is 9.60. The van der Waals surface area contributed by atoms with Crippen molar-refractivity contribution in [3.05, 3.63) is 12.2 Å². The van der Waals surface area contributed by atoms with Crippen LogP contribution in [0.25, 0.3) is 0 Å². The van der Waals surface area contributed by atoms with Gasteiger partial charge >= 0.3 is 5.97 Å². The summed E-state index contributed by atoms with van der Waals surface area (Å²) in [6.07, 6.45) is 2.16. The molecule has 16 heavy (non-hydrogen) atoms. The maximum atomic E-state index is 9.60. The van der Waals surface area contributed by atoms with Crippen molar-refractivity contribution in [2.75, 3.05) is 26.4 Å². The van der Waals surface area contributed by atoms with Gasteiger partial charge in [0.1, 0.15) is 6.10 Å². The van der Waals surface area contributed by atoms with E-state index >= 15 is 0 Å². The highest BCUT2D eigenvalue weighted by Crippen LogP contribution is 2.08. The molecule has 0 aromatic rings. The molecule has 0 amide bonds. The second kappa shape index (κ2) is 9.33. The molecule has 1 saturated heterocycles. The van der Waals surface area contributed by atoms with Gasteiger partial charge in [0, 0.05) is 18.8 Å². The third kappa shape index (κ3) is 11.2. The van der Waals surface area contributed by atoms with Gasteiger partial charge in [0.15, 0.2) is 0 Å². The predicted molar refractivity (Wildman–Crippen MR) is 59.3 cm³/mol. The van der Waals surface area contributed by atoms with Gasteiger partial charge in [0.25, 0.3) is 0 Å². The summed E-state index contributed by atoms with van der Waals surface area (Å²) in [7, 11) is 0. The zero-order chi connectivity index (χ0) is 12.4.